The molecule has 2 saturated carbocycles. The van der Waals surface area contributed by atoms with Gasteiger partial charge in [0.1, 0.15) is 0 Å². The van der Waals surface area contributed by atoms with Crippen molar-refractivity contribution in [2.75, 3.05) is 11.9 Å². The highest BCUT2D eigenvalue weighted by Gasteiger charge is 2.54. The fourth-order valence-corrected chi connectivity index (χ4v) is 6.42. The van der Waals surface area contributed by atoms with Crippen LogP contribution in [0, 0.1) is 17.8 Å². The summed E-state index contributed by atoms with van der Waals surface area (Å²) in [7, 11) is 0. The molecular weight excluding hydrogens is 393 g/mol. The summed E-state index contributed by atoms with van der Waals surface area (Å²) in [4.78, 5) is 12.3. The Labute approximate surface area is 175 Å². The van der Waals surface area contributed by atoms with Crippen molar-refractivity contribution in [2.24, 2.45) is 17.8 Å². The van der Waals surface area contributed by atoms with E-state index in [2.05, 4.69) is 17.4 Å². The molecule has 3 nitrogen and oxygen atoms in total. The fourth-order valence-electron chi connectivity index (χ4n) is 5.89. The van der Waals surface area contributed by atoms with Crippen molar-refractivity contribution in [3.63, 3.8) is 0 Å². The predicted molar refractivity (Wildman–Crippen MR) is 112 cm³/mol. The van der Waals surface area contributed by atoms with Crippen LogP contribution in [-0.2, 0) is 4.74 Å². The van der Waals surface area contributed by atoms with E-state index in [0.29, 0.717) is 40.9 Å². The molecule has 28 heavy (non-hydrogen) atoms. The van der Waals surface area contributed by atoms with Gasteiger partial charge in [-0.05, 0) is 91.3 Å². The summed E-state index contributed by atoms with van der Waals surface area (Å²) in [6, 6.07) is 11.9. The molecule has 2 aliphatic carbocycles. The molecular formula is C23H23Cl2NO2. The number of anilines is 1. The van der Waals surface area contributed by atoms with Crippen molar-refractivity contribution in [1.29, 1.82) is 0 Å². The second-order valence-electron chi connectivity index (χ2n) is 8.25. The molecule has 1 aliphatic heterocycles. The van der Waals surface area contributed by atoms with E-state index >= 15 is 0 Å². The minimum Gasteiger partial charge on any atom is -0.462 e. The molecule has 5 heteroatoms. The first-order chi connectivity index (χ1) is 13.6. The molecule has 0 unspecified atom stereocenters. The summed E-state index contributed by atoms with van der Waals surface area (Å²) in [5, 5.41) is 5.13. The first-order valence-electron chi connectivity index (χ1n) is 10.1. The molecule has 5 atom stereocenters. The van der Waals surface area contributed by atoms with Crippen molar-refractivity contribution in [3.8, 4) is 0 Å². The van der Waals surface area contributed by atoms with Crippen LogP contribution in [0.4, 0.5) is 5.69 Å². The molecule has 2 aromatic carbocycles. The number of halogens is 2. The third kappa shape index (κ3) is 2.83. The van der Waals surface area contributed by atoms with Crippen LogP contribution in [0.5, 0.6) is 0 Å². The minimum absolute atomic E-state index is 0.172. The van der Waals surface area contributed by atoms with E-state index in [1.54, 1.807) is 0 Å². The maximum Gasteiger partial charge on any atom is 0.338 e. The number of carbonyl (C=O) groups is 1. The van der Waals surface area contributed by atoms with Crippen molar-refractivity contribution < 1.29 is 9.53 Å². The average Bonchev–Trinajstić information content (AvgIpc) is 3.30. The smallest absolute Gasteiger partial charge is 0.338 e. The molecule has 2 aromatic rings. The lowest BCUT2D eigenvalue weighted by Gasteiger charge is -2.44. The zero-order valence-corrected chi connectivity index (χ0v) is 17.3. The first-order valence-corrected chi connectivity index (χ1v) is 10.8. The number of rotatable bonds is 3. The van der Waals surface area contributed by atoms with Gasteiger partial charge in [-0.25, -0.2) is 4.79 Å². The molecule has 0 radical (unpaired) electrons. The maximum atomic E-state index is 12.3. The highest BCUT2D eigenvalue weighted by Crippen LogP contribution is 2.64. The van der Waals surface area contributed by atoms with Gasteiger partial charge in [0.15, 0.2) is 0 Å². The van der Waals surface area contributed by atoms with Gasteiger partial charge in [-0.2, -0.15) is 0 Å². The average molecular weight is 416 g/mol. The molecule has 0 amide bonds. The topological polar surface area (TPSA) is 38.3 Å². The molecule has 0 spiro atoms. The lowest BCUT2D eigenvalue weighted by Crippen LogP contribution is -2.35. The molecule has 5 rings (SSSR count). The van der Waals surface area contributed by atoms with Gasteiger partial charge in [0.2, 0.25) is 0 Å². The Bertz CT molecular complexity index is 944. The van der Waals surface area contributed by atoms with Crippen molar-refractivity contribution in [2.45, 2.75) is 38.1 Å². The SMILES string of the molecule is CCOC(=O)c1ccc2c(c1)[C@@H]1[C@H]3CC[C@@H](C3)[C@@H]1[C@@H](c1ccc(Cl)cc1Cl)N2. The van der Waals surface area contributed by atoms with Crippen LogP contribution >= 0.6 is 23.2 Å². The second kappa shape index (κ2) is 6.96. The van der Waals surface area contributed by atoms with E-state index in [4.69, 9.17) is 27.9 Å². The number of carbonyl (C=O) groups excluding carboxylic acids is 1. The zero-order valence-electron chi connectivity index (χ0n) is 15.8. The van der Waals surface area contributed by atoms with E-state index in [9.17, 15) is 4.79 Å². The summed E-state index contributed by atoms with van der Waals surface area (Å²) < 4.78 is 5.22. The standard InChI is InChI=1S/C23H23Cl2NO2/c1-2-28-23(27)14-5-8-19-17(10-14)20-12-3-4-13(9-12)21(20)22(26-19)16-7-6-15(24)11-18(16)25/h5-8,10-13,20-22,26H,2-4,9H2,1H3/t12-,13-,20-,21-,22+/m0/s1. The van der Waals surface area contributed by atoms with Crippen molar-refractivity contribution in [3.05, 3.63) is 63.1 Å². The number of hydrogen-bond donors (Lipinski definition) is 1. The summed E-state index contributed by atoms with van der Waals surface area (Å²) in [5.41, 5.74) is 4.14. The Morgan fingerprint density at radius 1 is 1.11 bits per heavy atom. The molecule has 0 aromatic heterocycles. The largest absolute Gasteiger partial charge is 0.462 e. The first kappa shape index (κ1) is 18.3. The van der Waals surface area contributed by atoms with Crippen LogP contribution < -0.4 is 5.32 Å². The minimum atomic E-state index is -0.243. The normalized spacial score (nSPS) is 29.8. The highest BCUT2D eigenvalue weighted by molar-refractivity contribution is 6.35. The van der Waals surface area contributed by atoms with Gasteiger partial charge in [-0.15, -0.1) is 0 Å². The van der Waals surface area contributed by atoms with Crippen molar-refractivity contribution >= 4 is 34.9 Å². The Balaban J connectivity index is 1.59. The Hall–Kier alpha value is -1.71. The number of hydrogen-bond acceptors (Lipinski definition) is 3. The van der Waals surface area contributed by atoms with Gasteiger partial charge >= 0.3 is 5.97 Å². The second-order valence-corrected chi connectivity index (χ2v) is 9.09. The zero-order chi connectivity index (χ0) is 19.4. The number of nitrogens with one attached hydrogen (secondary N) is 1. The number of benzene rings is 2. The van der Waals surface area contributed by atoms with E-state index < -0.39 is 0 Å². The molecule has 146 valence electrons. The third-order valence-electron chi connectivity index (χ3n) is 6.90. The molecule has 0 saturated heterocycles. The van der Waals surface area contributed by atoms with Gasteiger partial charge in [0.25, 0.3) is 0 Å². The van der Waals surface area contributed by atoms with Gasteiger partial charge in [0.05, 0.1) is 18.2 Å². The van der Waals surface area contributed by atoms with Crippen LogP contribution in [0.25, 0.3) is 0 Å². The van der Waals surface area contributed by atoms with Crippen molar-refractivity contribution in [1.82, 2.24) is 0 Å². The third-order valence-corrected chi connectivity index (χ3v) is 7.46. The summed E-state index contributed by atoms with van der Waals surface area (Å²) in [6.45, 7) is 2.23. The van der Waals surface area contributed by atoms with Gasteiger partial charge in [0, 0.05) is 15.7 Å². The fraction of sp³-hybridized carbons (Fsp3) is 0.435. The van der Waals surface area contributed by atoms with Crippen LogP contribution in [0.1, 0.15) is 59.6 Å². The molecule has 3 aliphatic rings. The Kier molecular flexibility index (Phi) is 4.56. The predicted octanol–water partition coefficient (Wildman–Crippen LogP) is 6.47. The highest BCUT2D eigenvalue weighted by atomic mass is 35.5. The molecule has 1 heterocycles. The quantitative estimate of drug-likeness (QED) is 0.583. The maximum absolute atomic E-state index is 12.3. The Morgan fingerprint density at radius 3 is 2.71 bits per heavy atom. The monoisotopic (exact) mass is 415 g/mol. The van der Waals surface area contributed by atoms with Gasteiger partial charge in [-0.1, -0.05) is 29.3 Å². The molecule has 2 fully saturated rings. The van der Waals surface area contributed by atoms with E-state index in [1.807, 2.05) is 31.2 Å². The number of ether oxygens (including phenoxy) is 1. The summed E-state index contributed by atoms with van der Waals surface area (Å²) in [6.07, 6.45) is 3.82. The summed E-state index contributed by atoms with van der Waals surface area (Å²) >= 11 is 12.7. The van der Waals surface area contributed by atoms with Crippen LogP contribution in [0.15, 0.2) is 36.4 Å². The van der Waals surface area contributed by atoms with E-state index in [0.717, 1.165) is 16.3 Å². The van der Waals surface area contributed by atoms with Gasteiger partial charge < -0.3 is 10.1 Å². The summed E-state index contributed by atoms with van der Waals surface area (Å²) in [5.74, 6) is 2.08. The van der Waals surface area contributed by atoms with Crippen LogP contribution in [0.2, 0.25) is 10.0 Å². The Morgan fingerprint density at radius 2 is 1.93 bits per heavy atom. The van der Waals surface area contributed by atoms with Crippen LogP contribution in [0.3, 0.4) is 0 Å². The van der Waals surface area contributed by atoms with E-state index in [1.165, 1.54) is 24.8 Å². The van der Waals surface area contributed by atoms with Crippen LogP contribution in [-0.4, -0.2) is 12.6 Å². The number of fused-ring (bicyclic) bond motifs is 7. The molecule has 1 N–H and O–H groups in total. The molecule has 2 bridgehead atoms. The van der Waals surface area contributed by atoms with E-state index in [-0.39, 0.29) is 12.0 Å². The van der Waals surface area contributed by atoms with Gasteiger partial charge in [-0.3, -0.25) is 0 Å². The lowest BCUT2D eigenvalue weighted by atomic mass is 9.68. The number of esters is 1. The lowest BCUT2D eigenvalue weighted by molar-refractivity contribution is 0.0526.